The van der Waals surface area contributed by atoms with Crippen LogP contribution in [0.5, 0.6) is 0 Å². The van der Waals surface area contributed by atoms with Crippen LogP contribution in [0.25, 0.3) is 0 Å². The second-order valence-electron chi connectivity index (χ2n) is 4.36. The maximum Gasteiger partial charge on any atom is 0.0860 e. The third kappa shape index (κ3) is 4.74. The quantitative estimate of drug-likeness (QED) is 0.613. The van der Waals surface area contributed by atoms with Gasteiger partial charge in [-0.05, 0) is 19.4 Å². The predicted octanol–water partition coefficient (Wildman–Crippen LogP) is -0.00540. The van der Waals surface area contributed by atoms with Gasteiger partial charge in [0.25, 0.3) is 0 Å². The zero-order chi connectivity index (χ0) is 12.0. The molecule has 0 amide bonds. The summed E-state index contributed by atoms with van der Waals surface area (Å²) in [6.45, 7) is 5.12. The van der Waals surface area contributed by atoms with Crippen LogP contribution >= 0.6 is 0 Å². The van der Waals surface area contributed by atoms with E-state index in [4.69, 9.17) is 0 Å². The van der Waals surface area contributed by atoms with E-state index in [1.807, 2.05) is 19.2 Å². The standard InChI is InChI=1S/C11H21N3O2/c1-3-11(2,16)9-12-7-10(15)8-14-6-4-5-13-14/h4-6,10,12,15-16H,3,7-9H2,1-2H3. The van der Waals surface area contributed by atoms with Gasteiger partial charge in [-0.3, -0.25) is 4.68 Å². The van der Waals surface area contributed by atoms with Crippen molar-refractivity contribution in [1.82, 2.24) is 15.1 Å². The molecule has 3 N–H and O–H groups in total. The van der Waals surface area contributed by atoms with Crippen LogP contribution in [0.3, 0.4) is 0 Å². The topological polar surface area (TPSA) is 70.3 Å². The van der Waals surface area contributed by atoms with Crippen LogP contribution in [0.4, 0.5) is 0 Å². The lowest BCUT2D eigenvalue weighted by atomic mass is 10.0. The first-order valence-electron chi connectivity index (χ1n) is 5.62. The number of aliphatic hydroxyl groups is 2. The van der Waals surface area contributed by atoms with Crippen molar-refractivity contribution in [2.45, 2.75) is 38.5 Å². The van der Waals surface area contributed by atoms with Crippen LogP contribution < -0.4 is 5.32 Å². The van der Waals surface area contributed by atoms with Gasteiger partial charge in [0, 0.05) is 25.5 Å². The average Bonchev–Trinajstić information content (AvgIpc) is 2.70. The van der Waals surface area contributed by atoms with Gasteiger partial charge >= 0.3 is 0 Å². The molecule has 0 radical (unpaired) electrons. The molecule has 92 valence electrons. The van der Waals surface area contributed by atoms with E-state index in [0.717, 1.165) is 0 Å². The molecule has 1 rings (SSSR count). The minimum absolute atomic E-state index is 0.454. The van der Waals surface area contributed by atoms with Gasteiger partial charge in [-0.15, -0.1) is 0 Å². The number of nitrogens with zero attached hydrogens (tertiary/aromatic N) is 2. The highest BCUT2D eigenvalue weighted by molar-refractivity contribution is 4.79. The third-order valence-corrected chi connectivity index (χ3v) is 2.60. The van der Waals surface area contributed by atoms with E-state index in [1.54, 1.807) is 17.8 Å². The van der Waals surface area contributed by atoms with Gasteiger partial charge in [-0.2, -0.15) is 5.10 Å². The normalized spacial score (nSPS) is 17.0. The number of nitrogens with one attached hydrogen (secondary N) is 1. The number of aliphatic hydroxyl groups excluding tert-OH is 1. The van der Waals surface area contributed by atoms with Gasteiger partial charge in [0.15, 0.2) is 0 Å². The van der Waals surface area contributed by atoms with Crippen LogP contribution in [0.1, 0.15) is 20.3 Å². The first-order chi connectivity index (χ1) is 7.53. The first-order valence-corrected chi connectivity index (χ1v) is 5.62. The van der Waals surface area contributed by atoms with Crippen molar-refractivity contribution in [2.75, 3.05) is 13.1 Å². The second-order valence-corrected chi connectivity index (χ2v) is 4.36. The lowest BCUT2D eigenvalue weighted by Crippen LogP contribution is -2.41. The minimum Gasteiger partial charge on any atom is -0.390 e. The van der Waals surface area contributed by atoms with Gasteiger partial charge in [0.1, 0.15) is 0 Å². The Kier molecular flexibility index (Phi) is 4.92. The summed E-state index contributed by atoms with van der Waals surface area (Å²) in [7, 11) is 0. The summed E-state index contributed by atoms with van der Waals surface area (Å²) in [5.41, 5.74) is -0.703. The third-order valence-electron chi connectivity index (χ3n) is 2.60. The molecule has 2 atom stereocenters. The SMILES string of the molecule is CCC(C)(O)CNCC(O)Cn1cccn1. The molecule has 1 aromatic heterocycles. The second kappa shape index (κ2) is 5.98. The van der Waals surface area contributed by atoms with E-state index in [1.165, 1.54) is 0 Å². The van der Waals surface area contributed by atoms with Gasteiger partial charge < -0.3 is 15.5 Å². The van der Waals surface area contributed by atoms with Crippen molar-refractivity contribution in [2.24, 2.45) is 0 Å². The molecule has 0 bridgehead atoms. The Balaban J connectivity index is 2.18. The molecular formula is C11H21N3O2. The summed E-state index contributed by atoms with van der Waals surface area (Å²) in [4.78, 5) is 0. The zero-order valence-electron chi connectivity index (χ0n) is 9.93. The van der Waals surface area contributed by atoms with Crippen molar-refractivity contribution in [3.8, 4) is 0 Å². The highest BCUT2D eigenvalue weighted by Gasteiger charge is 2.17. The molecule has 0 aliphatic heterocycles. The van der Waals surface area contributed by atoms with E-state index in [-0.39, 0.29) is 0 Å². The lowest BCUT2D eigenvalue weighted by molar-refractivity contribution is 0.0505. The maximum atomic E-state index is 9.73. The highest BCUT2D eigenvalue weighted by atomic mass is 16.3. The molecule has 1 heterocycles. The fourth-order valence-corrected chi connectivity index (χ4v) is 1.32. The molecule has 16 heavy (non-hydrogen) atoms. The molecule has 0 aliphatic rings. The van der Waals surface area contributed by atoms with Crippen molar-refractivity contribution < 1.29 is 10.2 Å². The number of hydrogen-bond acceptors (Lipinski definition) is 4. The maximum absolute atomic E-state index is 9.73. The molecule has 0 spiro atoms. The fourth-order valence-electron chi connectivity index (χ4n) is 1.32. The van der Waals surface area contributed by atoms with Crippen molar-refractivity contribution in [3.63, 3.8) is 0 Å². The molecule has 0 fully saturated rings. The van der Waals surface area contributed by atoms with Crippen LogP contribution in [0.15, 0.2) is 18.5 Å². The molecule has 5 heteroatoms. The van der Waals surface area contributed by atoms with Gasteiger partial charge in [-0.25, -0.2) is 0 Å². The number of rotatable bonds is 7. The zero-order valence-corrected chi connectivity index (χ0v) is 9.93. The number of aromatic nitrogens is 2. The van der Waals surface area contributed by atoms with E-state index < -0.39 is 11.7 Å². The smallest absolute Gasteiger partial charge is 0.0860 e. The van der Waals surface area contributed by atoms with E-state index in [9.17, 15) is 10.2 Å². The Morgan fingerprint density at radius 1 is 1.56 bits per heavy atom. The summed E-state index contributed by atoms with van der Waals surface area (Å²) < 4.78 is 1.68. The predicted molar refractivity (Wildman–Crippen MR) is 62.0 cm³/mol. The molecule has 2 unspecified atom stereocenters. The fraction of sp³-hybridized carbons (Fsp3) is 0.727. The molecular weight excluding hydrogens is 206 g/mol. The Morgan fingerprint density at radius 2 is 2.31 bits per heavy atom. The monoisotopic (exact) mass is 227 g/mol. The van der Waals surface area contributed by atoms with Crippen LogP contribution in [-0.2, 0) is 6.54 Å². The minimum atomic E-state index is -0.703. The summed E-state index contributed by atoms with van der Waals surface area (Å²) in [6.07, 6.45) is 3.69. The van der Waals surface area contributed by atoms with Gasteiger partial charge in [0.05, 0.1) is 18.2 Å². The van der Waals surface area contributed by atoms with E-state index >= 15 is 0 Å². The molecule has 0 saturated heterocycles. The average molecular weight is 227 g/mol. The summed E-state index contributed by atoms with van der Waals surface area (Å²) in [5, 5.41) is 26.5. The summed E-state index contributed by atoms with van der Waals surface area (Å²) in [6, 6.07) is 1.82. The van der Waals surface area contributed by atoms with E-state index in [2.05, 4.69) is 10.4 Å². The van der Waals surface area contributed by atoms with E-state index in [0.29, 0.717) is 26.1 Å². The van der Waals surface area contributed by atoms with Crippen LogP contribution in [0, 0.1) is 0 Å². The first kappa shape index (κ1) is 13.2. The van der Waals surface area contributed by atoms with Crippen molar-refractivity contribution in [3.05, 3.63) is 18.5 Å². The van der Waals surface area contributed by atoms with Gasteiger partial charge in [0.2, 0.25) is 0 Å². The summed E-state index contributed by atoms with van der Waals surface area (Å²) in [5.74, 6) is 0. The number of hydrogen-bond donors (Lipinski definition) is 3. The molecule has 0 saturated carbocycles. The molecule has 0 aromatic carbocycles. The van der Waals surface area contributed by atoms with Crippen molar-refractivity contribution >= 4 is 0 Å². The molecule has 0 aliphatic carbocycles. The highest BCUT2D eigenvalue weighted by Crippen LogP contribution is 2.05. The Morgan fingerprint density at radius 3 is 2.88 bits per heavy atom. The Hall–Kier alpha value is -0.910. The molecule has 5 nitrogen and oxygen atoms in total. The van der Waals surface area contributed by atoms with Crippen LogP contribution in [0.2, 0.25) is 0 Å². The van der Waals surface area contributed by atoms with Crippen LogP contribution in [-0.4, -0.2) is 44.8 Å². The largest absolute Gasteiger partial charge is 0.390 e. The lowest BCUT2D eigenvalue weighted by Gasteiger charge is -2.22. The molecule has 1 aromatic rings. The Labute approximate surface area is 96.1 Å². The van der Waals surface area contributed by atoms with Gasteiger partial charge in [-0.1, -0.05) is 6.92 Å². The Bertz CT molecular complexity index is 285. The summed E-state index contributed by atoms with van der Waals surface area (Å²) >= 11 is 0. The van der Waals surface area contributed by atoms with Crippen molar-refractivity contribution in [1.29, 1.82) is 0 Å².